The second-order valence-corrected chi connectivity index (χ2v) is 4.67. The van der Waals surface area contributed by atoms with Gasteiger partial charge in [0.15, 0.2) is 5.71 Å². The van der Waals surface area contributed by atoms with Crippen molar-refractivity contribution in [3.8, 4) is 11.8 Å². The van der Waals surface area contributed by atoms with E-state index in [0.717, 1.165) is 5.69 Å². The summed E-state index contributed by atoms with van der Waals surface area (Å²) in [6, 6.07) is 11.0. The fourth-order valence-electron chi connectivity index (χ4n) is 1.98. The van der Waals surface area contributed by atoms with Gasteiger partial charge in [-0.15, -0.1) is 9.78 Å². The van der Waals surface area contributed by atoms with Crippen molar-refractivity contribution >= 4 is 23.8 Å². The van der Waals surface area contributed by atoms with Gasteiger partial charge in [-0.1, -0.05) is 30.9 Å². The Morgan fingerprint density at radius 2 is 2.18 bits per heavy atom. The van der Waals surface area contributed by atoms with E-state index in [1.165, 1.54) is 0 Å². The van der Waals surface area contributed by atoms with Crippen molar-refractivity contribution in [3.05, 3.63) is 64.6 Å². The molecule has 0 saturated carbocycles. The summed E-state index contributed by atoms with van der Waals surface area (Å²) in [6.07, 6.45) is 1.63. The number of nitriles is 1. The van der Waals surface area contributed by atoms with Gasteiger partial charge in [0.05, 0.1) is 6.54 Å². The van der Waals surface area contributed by atoms with Crippen molar-refractivity contribution in [1.82, 2.24) is 9.78 Å². The molecule has 1 aromatic carbocycles. The summed E-state index contributed by atoms with van der Waals surface area (Å²) in [5.74, 6) is 2.07. The number of aromatic nitrogens is 3. The number of benzene rings is 1. The number of H-pyrrole nitrogens is 1. The van der Waals surface area contributed by atoms with Crippen molar-refractivity contribution in [2.75, 3.05) is 0 Å². The summed E-state index contributed by atoms with van der Waals surface area (Å²) in [4.78, 5) is 0. The Kier molecular flexibility index (Phi) is 4.59. The molecule has 0 aliphatic carbocycles. The van der Waals surface area contributed by atoms with Crippen LogP contribution in [0, 0.1) is 21.5 Å². The van der Waals surface area contributed by atoms with E-state index in [1.54, 1.807) is 27.3 Å². The minimum Gasteiger partial charge on any atom is -0.762 e. The fraction of sp³-hybridized carbons (Fsp3) is 0.0667. The normalized spacial score (nSPS) is 9.59. The highest BCUT2D eigenvalue weighted by Crippen LogP contribution is 2.10. The van der Waals surface area contributed by atoms with Gasteiger partial charge in [-0.25, -0.2) is 10.4 Å². The minimum atomic E-state index is -0.281. The SMILES string of the molecule is C=CC[n+]1c(C(=N)C(=C=[N-])C#N)n(-c2ccccc2)[nH]c1=S. The molecule has 0 bridgehead atoms. The van der Waals surface area contributed by atoms with Crippen LogP contribution in [0.15, 0.2) is 48.6 Å². The predicted molar refractivity (Wildman–Crippen MR) is 85.7 cm³/mol. The molecular formula is C15H12N6S. The number of aromatic amines is 1. The molecule has 0 unspecified atom stereocenters. The van der Waals surface area contributed by atoms with Gasteiger partial charge in [-0.05, 0) is 24.4 Å². The lowest BCUT2D eigenvalue weighted by molar-refractivity contribution is -0.695. The first kappa shape index (κ1) is 15.3. The smallest absolute Gasteiger partial charge is 0.324 e. The third-order valence-electron chi connectivity index (χ3n) is 2.94. The van der Waals surface area contributed by atoms with Gasteiger partial charge in [0.1, 0.15) is 17.3 Å². The molecule has 0 amide bonds. The predicted octanol–water partition coefficient (Wildman–Crippen LogP) is 2.07. The second-order valence-electron chi connectivity index (χ2n) is 4.28. The molecule has 0 saturated heterocycles. The third kappa shape index (κ3) is 2.69. The van der Waals surface area contributed by atoms with Crippen molar-refractivity contribution in [1.29, 1.82) is 10.7 Å². The van der Waals surface area contributed by atoms with Crippen LogP contribution < -0.4 is 4.57 Å². The average molecular weight is 308 g/mol. The number of nitrogens with one attached hydrogen (secondary N) is 2. The van der Waals surface area contributed by atoms with Crippen LogP contribution in [0.1, 0.15) is 5.82 Å². The Morgan fingerprint density at radius 3 is 2.73 bits per heavy atom. The second kappa shape index (κ2) is 6.59. The van der Waals surface area contributed by atoms with E-state index in [9.17, 15) is 0 Å². The van der Waals surface area contributed by atoms with E-state index >= 15 is 0 Å². The van der Waals surface area contributed by atoms with Gasteiger partial charge in [0.2, 0.25) is 0 Å². The highest BCUT2D eigenvalue weighted by atomic mass is 32.1. The molecule has 0 radical (unpaired) electrons. The molecule has 1 heterocycles. The molecule has 7 heteroatoms. The van der Waals surface area contributed by atoms with Crippen molar-refractivity contribution in [2.45, 2.75) is 6.54 Å². The number of rotatable bonds is 5. The maximum atomic E-state index is 9.02. The molecule has 0 spiro atoms. The van der Waals surface area contributed by atoms with Crippen LogP contribution in [-0.4, -0.2) is 21.4 Å². The highest BCUT2D eigenvalue weighted by molar-refractivity contribution is 7.71. The Labute approximate surface area is 132 Å². The quantitative estimate of drug-likeness (QED) is 0.291. The summed E-state index contributed by atoms with van der Waals surface area (Å²) in [5.41, 5.74) is 0.269. The lowest BCUT2D eigenvalue weighted by Crippen LogP contribution is -2.40. The van der Waals surface area contributed by atoms with Crippen LogP contribution in [0.2, 0.25) is 0 Å². The summed E-state index contributed by atoms with van der Waals surface area (Å²) < 4.78 is 3.58. The molecular weight excluding hydrogens is 296 g/mol. The molecule has 0 atom stereocenters. The van der Waals surface area contributed by atoms with Gasteiger partial charge >= 0.3 is 4.77 Å². The topological polar surface area (TPSA) is 94.5 Å². The number of hydrogen-bond acceptors (Lipinski definition) is 3. The maximum Gasteiger partial charge on any atom is 0.324 e. The lowest BCUT2D eigenvalue weighted by atomic mass is 10.2. The van der Waals surface area contributed by atoms with Gasteiger partial charge in [-0.3, -0.25) is 5.41 Å². The number of allylic oxidation sites excluding steroid dienone is 2. The van der Waals surface area contributed by atoms with Crippen LogP contribution in [0.25, 0.3) is 11.1 Å². The Balaban J connectivity index is 2.77. The number of hydrogen-bond donors (Lipinski definition) is 2. The van der Waals surface area contributed by atoms with E-state index in [-0.39, 0.29) is 11.3 Å². The van der Waals surface area contributed by atoms with Crippen molar-refractivity contribution < 1.29 is 4.57 Å². The van der Waals surface area contributed by atoms with E-state index in [4.69, 9.17) is 28.3 Å². The maximum absolute atomic E-state index is 9.02. The monoisotopic (exact) mass is 308 g/mol. The van der Waals surface area contributed by atoms with Crippen LogP contribution >= 0.6 is 12.2 Å². The molecule has 2 rings (SSSR count). The van der Waals surface area contributed by atoms with Gasteiger partial charge in [0.25, 0.3) is 5.82 Å². The fourth-order valence-corrected chi connectivity index (χ4v) is 2.24. The molecule has 0 fully saturated rings. The molecule has 1 aromatic heterocycles. The number of nitrogens with zero attached hydrogens (tertiary/aromatic N) is 4. The highest BCUT2D eigenvalue weighted by Gasteiger charge is 2.26. The van der Waals surface area contributed by atoms with Gasteiger partial charge in [0, 0.05) is 0 Å². The first-order chi connectivity index (χ1) is 10.6. The first-order valence-corrected chi connectivity index (χ1v) is 6.72. The first-order valence-electron chi connectivity index (χ1n) is 6.31. The van der Waals surface area contributed by atoms with E-state index in [1.807, 2.05) is 30.3 Å². The zero-order valence-electron chi connectivity index (χ0n) is 11.6. The van der Waals surface area contributed by atoms with Crippen LogP contribution in [0.3, 0.4) is 0 Å². The standard InChI is InChI=1S/C15H12N6S/c1-2-8-20-14(13(18)11(9-16)10-17)21(19-15(20)22)12-6-4-3-5-7-12/h2-7,18H,1,8H2,(H,19,22). The molecule has 2 N–H and O–H groups in total. The Morgan fingerprint density at radius 1 is 1.50 bits per heavy atom. The lowest BCUT2D eigenvalue weighted by Gasteiger charge is -2.04. The summed E-state index contributed by atoms with van der Waals surface area (Å²) >= 11 is 5.27. The van der Waals surface area contributed by atoms with E-state index in [2.05, 4.69) is 11.7 Å². The van der Waals surface area contributed by atoms with E-state index in [0.29, 0.717) is 17.1 Å². The zero-order valence-corrected chi connectivity index (χ0v) is 12.4. The molecule has 2 aromatic rings. The summed E-state index contributed by atoms with van der Waals surface area (Å²) in [6.45, 7) is 4.03. The summed E-state index contributed by atoms with van der Waals surface area (Å²) in [5, 5.41) is 29.2. The van der Waals surface area contributed by atoms with Crippen molar-refractivity contribution in [3.63, 3.8) is 0 Å². The van der Waals surface area contributed by atoms with Crippen LogP contribution in [0.4, 0.5) is 0 Å². The zero-order chi connectivity index (χ0) is 16.1. The molecule has 22 heavy (non-hydrogen) atoms. The van der Waals surface area contributed by atoms with Crippen LogP contribution in [0.5, 0.6) is 0 Å². The largest absolute Gasteiger partial charge is 0.762 e. The third-order valence-corrected chi connectivity index (χ3v) is 3.26. The Hall–Kier alpha value is -3.07. The molecule has 0 aliphatic heterocycles. The van der Waals surface area contributed by atoms with Crippen molar-refractivity contribution in [2.24, 2.45) is 0 Å². The Bertz CT molecular complexity index is 875. The minimum absolute atomic E-state index is 0.192. The molecule has 108 valence electrons. The summed E-state index contributed by atoms with van der Waals surface area (Å²) in [7, 11) is 0. The molecule has 6 nitrogen and oxygen atoms in total. The average Bonchev–Trinajstić information content (AvgIpc) is 2.86. The molecule has 0 aliphatic rings. The van der Waals surface area contributed by atoms with E-state index < -0.39 is 0 Å². The van der Waals surface area contributed by atoms with Gasteiger partial charge in [-0.2, -0.15) is 5.26 Å². The van der Waals surface area contributed by atoms with Gasteiger partial charge < -0.3 is 5.41 Å². The van der Waals surface area contributed by atoms with Crippen LogP contribution in [-0.2, 0) is 6.54 Å². The number of para-hydroxylation sites is 1.